The van der Waals surface area contributed by atoms with E-state index in [0.717, 1.165) is 25.3 Å². The topological polar surface area (TPSA) is 40.3 Å². The minimum absolute atomic E-state index is 0.327. The summed E-state index contributed by atoms with van der Waals surface area (Å²) in [6.45, 7) is 11.5. The second kappa shape index (κ2) is 5.60. The predicted molar refractivity (Wildman–Crippen MR) is 74.8 cm³/mol. The van der Waals surface area contributed by atoms with Gasteiger partial charge < -0.3 is 5.11 Å². The lowest BCUT2D eigenvalue weighted by Gasteiger charge is -2.25. The van der Waals surface area contributed by atoms with Crippen molar-refractivity contribution in [3.05, 3.63) is 0 Å². The minimum Gasteiger partial charge on any atom is -0.481 e. The zero-order valence-corrected chi connectivity index (χ0v) is 12.6. The van der Waals surface area contributed by atoms with E-state index in [1.165, 1.54) is 12.8 Å². The van der Waals surface area contributed by atoms with Gasteiger partial charge in [0.05, 0.1) is 0 Å². The summed E-state index contributed by atoms with van der Waals surface area (Å²) in [4.78, 5) is 12.5. The van der Waals surface area contributed by atoms with Gasteiger partial charge in [-0.3, -0.25) is 9.69 Å². The fourth-order valence-electron chi connectivity index (χ4n) is 3.39. The average molecular weight is 255 g/mol. The van der Waals surface area contributed by atoms with Crippen molar-refractivity contribution < 1.29 is 9.90 Å². The monoisotopic (exact) mass is 255 g/mol. The number of nitrogens with zero attached hydrogens (tertiary/aromatic N) is 1. The van der Waals surface area contributed by atoms with E-state index in [9.17, 15) is 4.79 Å². The number of piperidine rings is 1. The molecule has 0 aromatic rings. The van der Waals surface area contributed by atoms with Crippen LogP contribution >= 0.6 is 0 Å². The van der Waals surface area contributed by atoms with Crippen molar-refractivity contribution in [2.45, 2.75) is 90.3 Å². The Balaban J connectivity index is 0.000000187. The molecule has 0 aliphatic carbocycles. The maximum atomic E-state index is 9.87. The first-order valence-corrected chi connectivity index (χ1v) is 7.24. The van der Waals surface area contributed by atoms with Crippen LogP contribution < -0.4 is 0 Å². The van der Waals surface area contributed by atoms with E-state index in [4.69, 9.17) is 5.11 Å². The number of rotatable bonds is 4. The molecule has 2 heterocycles. The smallest absolute Gasteiger partial charge is 0.303 e. The summed E-state index contributed by atoms with van der Waals surface area (Å²) >= 11 is 0. The molecule has 0 aromatic heterocycles. The molecule has 106 valence electrons. The SMILES string of the molecule is CC1(C)CCC2N1C2(C)C.CCCCCC(=O)O. The van der Waals surface area contributed by atoms with Gasteiger partial charge in [0.1, 0.15) is 0 Å². The van der Waals surface area contributed by atoms with Crippen molar-refractivity contribution in [3.8, 4) is 0 Å². The fraction of sp³-hybridized carbons (Fsp3) is 0.933. The molecule has 2 unspecified atom stereocenters. The Labute approximate surface area is 112 Å². The Morgan fingerprint density at radius 2 is 1.89 bits per heavy atom. The lowest BCUT2D eigenvalue weighted by atomic mass is 9.95. The van der Waals surface area contributed by atoms with Gasteiger partial charge in [0.2, 0.25) is 0 Å². The van der Waals surface area contributed by atoms with Crippen molar-refractivity contribution in [2.75, 3.05) is 0 Å². The summed E-state index contributed by atoms with van der Waals surface area (Å²) in [5.74, 6) is -0.682. The summed E-state index contributed by atoms with van der Waals surface area (Å²) in [6, 6.07) is 0.905. The zero-order chi connectivity index (χ0) is 14.0. The molecular formula is C15H29NO2. The van der Waals surface area contributed by atoms with E-state index in [1.54, 1.807) is 0 Å². The van der Waals surface area contributed by atoms with E-state index in [1.807, 2.05) is 0 Å². The molecule has 0 radical (unpaired) electrons. The highest BCUT2D eigenvalue weighted by Gasteiger charge is 2.64. The van der Waals surface area contributed by atoms with Crippen LogP contribution in [0.5, 0.6) is 0 Å². The first-order valence-electron chi connectivity index (χ1n) is 7.24. The molecule has 3 nitrogen and oxygen atoms in total. The van der Waals surface area contributed by atoms with Crippen molar-refractivity contribution in [2.24, 2.45) is 0 Å². The number of unbranched alkanes of at least 4 members (excludes halogenated alkanes) is 2. The van der Waals surface area contributed by atoms with Crippen molar-refractivity contribution in [3.63, 3.8) is 0 Å². The van der Waals surface area contributed by atoms with E-state index in [2.05, 4.69) is 39.5 Å². The number of fused-ring (bicyclic) bond motifs is 1. The first kappa shape index (κ1) is 15.5. The second-order valence-electron chi connectivity index (χ2n) is 6.74. The summed E-state index contributed by atoms with van der Waals surface area (Å²) in [7, 11) is 0. The summed E-state index contributed by atoms with van der Waals surface area (Å²) in [5.41, 5.74) is 1.02. The lowest BCUT2D eigenvalue weighted by Crippen LogP contribution is -2.32. The Kier molecular flexibility index (Phi) is 4.82. The maximum Gasteiger partial charge on any atom is 0.303 e. The molecule has 2 rings (SSSR count). The minimum atomic E-state index is -0.682. The Morgan fingerprint density at radius 3 is 2.17 bits per heavy atom. The molecule has 2 atom stereocenters. The van der Waals surface area contributed by atoms with Crippen LogP contribution in [-0.4, -0.2) is 33.1 Å². The van der Waals surface area contributed by atoms with Crippen LogP contribution in [0.4, 0.5) is 0 Å². The fourth-order valence-corrected chi connectivity index (χ4v) is 3.39. The number of carbonyl (C=O) groups is 1. The van der Waals surface area contributed by atoms with Crippen LogP contribution in [0, 0.1) is 0 Å². The molecule has 0 saturated carbocycles. The largest absolute Gasteiger partial charge is 0.481 e. The highest BCUT2D eigenvalue weighted by Crippen LogP contribution is 2.55. The quantitative estimate of drug-likeness (QED) is 0.615. The Hall–Kier alpha value is -0.570. The van der Waals surface area contributed by atoms with Crippen molar-refractivity contribution >= 4 is 5.97 Å². The van der Waals surface area contributed by atoms with Crippen molar-refractivity contribution in [1.29, 1.82) is 0 Å². The second-order valence-corrected chi connectivity index (χ2v) is 6.74. The third-order valence-electron chi connectivity index (χ3n) is 4.36. The summed E-state index contributed by atoms with van der Waals surface area (Å²) < 4.78 is 0. The molecule has 2 saturated heterocycles. The molecule has 0 amide bonds. The highest BCUT2D eigenvalue weighted by molar-refractivity contribution is 5.66. The molecule has 18 heavy (non-hydrogen) atoms. The molecule has 0 bridgehead atoms. The molecule has 2 aliphatic rings. The molecule has 0 spiro atoms. The zero-order valence-electron chi connectivity index (χ0n) is 12.6. The average Bonchev–Trinajstić information content (AvgIpc) is 2.60. The molecule has 1 N–H and O–H groups in total. The van der Waals surface area contributed by atoms with Crippen LogP contribution in [0.2, 0.25) is 0 Å². The first-order chi connectivity index (χ1) is 8.23. The standard InChI is InChI=1S/C9H17N.C6H12O2/c1-8(2)6-5-7-9(3,4)10(7)8;1-2-3-4-5-6(7)8/h7H,5-6H2,1-4H3;2-5H2,1H3,(H,7,8). The molecule has 0 aromatic carbocycles. The third-order valence-corrected chi connectivity index (χ3v) is 4.36. The van der Waals surface area contributed by atoms with Gasteiger partial charge in [-0.15, -0.1) is 0 Å². The molecule has 2 fully saturated rings. The van der Waals surface area contributed by atoms with E-state index in [0.29, 0.717) is 17.5 Å². The van der Waals surface area contributed by atoms with Crippen molar-refractivity contribution in [1.82, 2.24) is 4.90 Å². The van der Waals surface area contributed by atoms with Gasteiger partial charge in [-0.2, -0.15) is 0 Å². The van der Waals surface area contributed by atoms with Crippen LogP contribution in [0.3, 0.4) is 0 Å². The van der Waals surface area contributed by atoms with Gasteiger partial charge in [0.15, 0.2) is 0 Å². The molecular weight excluding hydrogens is 226 g/mol. The lowest BCUT2D eigenvalue weighted by molar-refractivity contribution is -0.137. The summed E-state index contributed by atoms with van der Waals surface area (Å²) in [6.07, 6.45) is 6.08. The normalized spacial score (nSPS) is 30.1. The van der Waals surface area contributed by atoms with Gasteiger partial charge in [0.25, 0.3) is 0 Å². The number of hydrogen-bond donors (Lipinski definition) is 1. The van der Waals surface area contributed by atoms with Crippen LogP contribution in [0.25, 0.3) is 0 Å². The van der Waals surface area contributed by atoms with E-state index in [-0.39, 0.29) is 0 Å². The Bertz CT molecular complexity index is 297. The van der Waals surface area contributed by atoms with Gasteiger partial charge in [0, 0.05) is 23.5 Å². The molecule has 3 heteroatoms. The number of carboxylic acids is 1. The van der Waals surface area contributed by atoms with Crippen LogP contribution in [0.15, 0.2) is 0 Å². The highest BCUT2D eigenvalue weighted by atomic mass is 16.4. The maximum absolute atomic E-state index is 9.87. The van der Waals surface area contributed by atoms with Gasteiger partial charge in [-0.25, -0.2) is 0 Å². The third kappa shape index (κ3) is 3.47. The van der Waals surface area contributed by atoms with Gasteiger partial charge in [-0.1, -0.05) is 19.8 Å². The van der Waals surface area contributed by atoms with Gasteiger partial charge >= 0.3 is 5.97 Å². The van der Waals surface area contributed by atoms with E-state index < -0.39 is 5.97 Å². The predicted octanol–water partition coefficient (Wildman–Crippen LogP) is 3.67. The van der Waals surface area contributed by atoms with E-state index >= 15 is 0 Å². The summed E-state index contributed by atoms with van der Waals surface area (Å²) in [5, 5.41) is 8.14. The number of aliphatic carboxylic acids is 1. The van der Waals surface area contributed by atoms with Crippen LogP contribution in [0.1, 0.15) is 73.1 Å². The number of hydrogen-bond acceptors (Lipinski definition) is 2. The van der Waals surface area contributed by atoms with Gasteiger partial charge in [-0.05, 0) is 47.0 Å². The Morgan fingerprint density at radius 1 is 1.28 bits per heavy atom. The molecule has 2 aliphatic heterocycles. The number of carboxylic acid groups (broad SMARTS) is 1. The van der Waals surface area contributed by atoms with Crippen LogP contribution in [-0.2, 0) is 4.79 Å².